The average molecular weight is 459 g/mol. The highest BCUT2D eigenvalue weighted by Gasteiger charge is 2.16. The van der Waals surface area contributed by atoms with Gasteiger partial charge in [0.2, 0.25) is 0 Å². The Bertz CT molecular complexity index is 1340. The molecule has 0 unspecified atom stereocenters. The maximum Gasteiger partial charge on any atom is 0.268 e. The van der Waals surface area contributed by atoms with Crippen LogP contribution in [0.5, 0.6) is 0 Å². The average Bonchev–Trinajstić information content (AvgIpc) is 3.16. The number of benzene rings is 3. The molecule has 0 aliphatic carbocycles. The largest absolute Gasteiger partial charge is 0.389 e. The van der Waals surface area contributed by atoms with Crippen LogP contribution in [0.1, 0.15) is 32.7 Å². The number of aromatic nitrogens is 1. The summed E-state index contributed by atoms with van der Waals surface area (Å²) in [6, 6.07) is 25.1. The Labute approximate surface area is 197 Å². The van der Waals surface area contributed by atoms with Crippen molar-refractivity contribution in [2.24, 2.45) is 11.5 Å². The van der Waals surface area contributed by atoms with Crippen LogP contribution >= 0.6 is 24.4 Å². The van der Waals surface area contributed by atoms with E-state index in [0.717, 1.165) is 33.2 Å². The zero-order valence-electron chi connectivity index (χ0n) is 17.2. The lowest BCUT2D eigenvalue weighted by atomic mass is 10.1. The number of carbonyl (C=O) groups is 1. The van der Waals surface area contributed by atoms with E-state index in [-0.39, 0.29) is 5.91 Å². The SMILES string of the molecule is NC(=S)c1cccc(Cn2c(C(=O)NCc3ccccc3C(N)=S)cc3ccccc32)c1. The maximum atomic E-state index is 13.2. The van der Waals surface area contributed by atoms with Crippen LogP contribution in [0.15, 0.2) is 78.9 Å². The van der Waals surface area contributed by atoms with Crippen molar-refractivity contribution >= 4 is 51.2 Å². The standard InChI is InChI=1S/C25H22N4OS2/c26-23(31)18-9-5-6-16(12-18)15-29-21-11-4-2-7-17(21)13-22(29)25(30)28-14-19-8-1-3-10-20(19)24(27)32/h1-13H,14-15H2,(H2,26,31)(H2,27,32)(H,28,30). The summed E-state index contributed by atoms with van der Waals surface area (Å²) >= 11 is 10.2. The van der Waals surface area contributed by atoms with Crippen LogP contribution in [0.4, 0.5) is 0 Å². The summed E-state index contributed by atoms with van der Waals surface area (Å²) in [7, 11) is 0. The molecule has 4 rings (SSSR count). The number of rotatable bonds is 7. The molecular weight excluding hydrogens is 436 g/mol. The number of nitrogens with zero attached hydrogens (tertiary/aromatic N) is 1. The Morgan fingerprint density at radius 3 is 2.41 bits per heavy atom. The van der Waals surface area contributed by atoms with Gasteiger partial charge in [-0.1, -0.05) is 85.1 Å². The quantitative estimate of drug-likeness (QED) is 0.366. The number of fused-ring (bicyclic) bond motifs is 1. The van der Waals surface area contributed by atoms with Gasteiger partial charge in [-0.25, -0.2) is 0 Å². The predicted molar refractivity (Wildman–Crippen MR) is 137 cm³/mol. The third-order valence-electron chi connectivity index (χ3n) is 5.32. The van der Waals surface area contributed by atoms with Crippen molar-refractivity contribution in [3.05, 3.63) is 107 Å². The topological polar surface area (TPSA) is 86.1 Å². The smallest absolute Gasteiger partial charge is 0.268 e. The van der Waals surface area contributed by atoms with Gasteiger partial charge < -0.3 is 21.4 Å². The highest BCUT2D eigenvalue weighted by atomic mass is 32.1. The zero-order chi connectivity index (χ0) is 22.7. The molecule has 7 heteroatoms. The third-order valence-corrected chi connectivity index (χ3v) is 5.77. The number of nitrogens with one attached hydrogen (secondary N) is 1. The maximum absolute atomic E-state index is 13.2. The Morgan fingerprint density at radius 2 is 1.62 bits per heavy atom. The predicted octanol–water partition coefficient (Wildman–Crippen LogP) is 3.89. The van der Waals surface area contributed by atoms with Crippen LogP contribution in [-0.4, -0.2) is 20.5 Å². The van der Waals surface area contributed by atoms with Crippen LogP contribution < -0.4 is 16.8 Å². The molecule has 1 amide bonds. The number of para-hydroxylation sites is 1. The Hall–Kier alpha value is -3.55. The minimum absolute atomic E-state index is 0.176. The number of thiocarbonyl (C=S) groups is 2. The molecule has 1 aromatic heterocycles. The minimum Gasteiger partial charge on any atom is -0.389 e. The van der Waals surface area contributed by atoms with Gasteiger partial charge in [0.25, 0.3) is 5.91 Å². The third kappa shape index (κ3) is 4.54. The molecule has 5 N–H and O–H groups in total. The van der Waals surface area contributed by atoms with Crippen molar-refractivity contribution < 1.29 is 4.79 Å². The van der Waals surface area contributed by atoms with Gasteiger partial charge in [-0.3, -0.25) is 4.79 Å². The molecule has 0 radical (unpaired) electrons. The lowest BCUT2D eigenvalue weighted by Crippen LogP contribution is -2.27. The second-order valence-corrected chi connectivity index (χ2v) is 8.32. The van der Waals surface area contributed by atoms with E-state index in [0.29, 0.717) is 28.8 Å². The molecule has 32 heavy (non-hydrogen) atoms. The highest BCUT2D eigenvalue weighted by molar-refractivity contribution is 7.80. The van der Waals surface area contributed by atoms with E-state index in [9.17, 15) is 4.79 Å². The molecule has 1 heterocycles. The monoisotopic (exact) mass is 458 g/mol. The molecule has 0 bridgehead atoms. The molecule has 4 aromatic rings. The first kappa shape index (κ1) is 21.7. The molecule has 0 spiro atoms. The summed E-state index contributed by atoms with van der Waals surface area (Å²) in [5, 5.41) is 4.00. The number of carbonyl (C=O) groups excluding carboxylic acids is 1. The van der Waals surface area contributed by atoms with Crippen molar-refractivity contribution in [1.29, 1.82) is 0 Å². The first-order chi connectivity index (χ1) is 15.4. The molecule has 160 valence electrons. The van der Waals surface area contributed by atoms with Gasteiger partial charge in [0, 0.05) is 35.1 Å². The van der Waals surface area contributed by atoms with Crippen molar-refractivity contribution in [2.45, 2.75) is 13.1 Å². The summed E-state index contributed by atoms with van der Waals surface area (Å²) < 4.78 is 2.00. The first-order valence-electron chi connectivity index (χ1n) is 10.1. The zero-order valence-corrected chi connectivity index (χ0v) is 18.9. The van der Waals surface area contributed by atoms with Gasteiger partial charge in [-0.2, -0.15) is 0 Å². The molecule has 0 aliphatic heterocycles. The summed E-state index contributed by atoms with van der Waals surface area (Å²) in [5.41, 5.74) is 16.6. The number of hydrogen-bond acceptors (Lipinski definition) is 3. The van der Waals surface area contributed by atoms with E-state index >= 15 is 0 Å². The van der Waals surface area contributed by atoms with Gasteiger partial charge in [0.05, 0.1) is 0 Å². The molecule has 0 saturated heterocycles. The fourth-order valence-electron chi connectivity index (χ4n) is 3.76. The number of hydrogen-bond donors (Lipinski definition) is 3. The van der Waals surface area contributed by atoms with Crippen molar-refractivity contribution in [3.63, 3.8) is 0 Å². The molecule has 0 saturated carbocycles. The van der Waals surface area contributed by atoms with E-state index in [1.807, 2.05) is 83.4 Å². The summed E-state index contributed by atoms with van der Waals surface area (Å²) in [6.45, 7) is 0.834. The molecule has 0 fully saturated rings. The number of amides is 1. The Balaban J connectivity index is 1.66. The van der Waals surface area contributed by atoms with Crippen LogP contribution in [0, 0.1) is 0 Å². The summed E-state index contributed by atoms with van der Waals surface area (Å²) in [4.78, 5) is 13.9. The molecular formula is C25H22N4OS2. The van der Waals surface area contributed by atoms with Crippen molar-refractivity contribution in [2.75, 3.05) is 0 Å². The van der Waals surface area contributed by atoms with Gasteiger partial charge in [-0.15, -0.1) is 0 Å². The lowest BCUT2D eigenvalue weighted by Gasteiger charge is -2.13. The normalized spacial score (nSPS) is 10.8. The lowest BCUT2D eigenvalue weighted by molar-refractivity contribution is 0.0942. The van der Waals surface area contributed by atoms with E-state index in [1.165, 1.54) is 0 Å². The van der Waals surface area contributed by atoms with Gasteiger partial charge in [0.15, 0.2) is 0 Å². The first-order valence-corrected chi connectivity index (χ1v) is 10.9. The van der Waals surface area contributed by atoms with Crippen LogP contribution in [0.3, 0.4) is 0 Å². The van der Waals surface area contributed by atoms with Crippen LogP contribution in [0.2, 0.25) is 0 Å². The molecule has 0 atom stereocenters. The van der Waals surface area contributed by atoms with Crippen LogP contribution in [-0.2, 0) is 13.1 Å². The van der Waals surface area contributed by atoms with Gasteiger partial charge >= 0.3 is 0 Å². The van der Waals surface area contributed by atoms with Gasteiger partial charge in [-0.05, 0) is 29.3 Å². The van der Waals surface area contributed by atoms with Crippen LogP contribution in [0.25, 0.3) is 10.9 Å². The number of nitrogens with two attached hydrogens (primary N) is 2. The van der Waals surface area contributed by atoms with Gasteiger partial charge in [0.1, 0.15) is 15.7 Å². The Kier molecular flexibility index (Phi) is 6.30. The van der Waals surface area contributed by atoms with E-state index in [2.05, 4.69) is 5.32 Å². The molecule has 3 aromatic carbocycles. The van der Waals surface area contributed by atoms with E-state index in [4.69, 9.17) is 35.9 Å². The minimum atomic E-state index is -0.176. The van der Waals surface area contributed by atoms with E-state index < -0.39 is 0 Å². The van der Waals surface area contributed by atoms with E-state index in [1.54, 1.807) is 0 Å². The molecule has 0 aliphatic rings. The summed E-state index contributed by atoms with van der Waals surface area (Å²) in [5.74, 6) is -0.176. The second kappa shape index (κ2) is 9.30. The Morgan fingerprint density at radius 1 is 0.875 bits per heavy atom. The highest BCUT2D eigenvalue weighted by Crippen LogP contribution is 2.22. The van der Waals surface area contributed by atoms with Crippen molar-refractivity contribution in [3.8, 4) is 0 Å². The van der Waals surface area contributed by atoms with Crippen molar-refractivity contribution in [1.82, 2.24) is 9.88 Å². The fraction of sp³-hybridized carbons (Fsp3) is 0.0800. The second-order valence-electron chi connectivity index (χ2n) is 7.44. The molecule has 5 nitrogen and oxygen atoms in total. The summed E-state index contributed by atoms with van der Waals surface area (Å²) in [6.07, 6.45) is 0. The fourth-order valence-corrected chi connectivity index (χ4v) is 4.08.